The van der Waals surface area contributed by atoms with E-state index in [0.717, 1.165) is 5.56 Å². The highest BCUT2D eigenvalue weighted by molar-refractivity contribution is 8.29. The first-order chi connectivity index (χ1) is 15.2. The maximum absolute atomic E-state index is 12.6. The van der Waals surface area contributed by atoms with Crippen LogP contribution in [0.4, 0.5) is 0 Å². The van der Waals surface area contributed by atoms with Crippen LogP contribution in [0, 0.1) is 0 Å². The average molecular weight is 471 g/mol. The van der Waals surface area contributed by atoms with Gasteiger partial charge in [-0.1, -0.05) is 84.0 Å². The molecule has 0 aromatic heterocycles. The van der Waals surface area contributed by atoms with Crippen LogP contribution in [-0.4, -0.2) is 26.4 Å². The first kappa shape index (κ1) is 25.1. The molecule has 1 fully saturated rings. The third-order valence-electron chi connectivity index (χ3n) is 6.95. The van der Waals surface area contributed by atoms with Gasteiger partial charge in [0.05, 0.1) is 25.0 Å². The number of esters is 1. The standard InChI is InChI=1S/C27H38O3SSi/c1-20(2)32(21(3)4,22(5)6)31-25-14-12-24(13-15-25)27(18-29-19-27)16-26(28)30-17-23-10-8-7-9-11-23/h7-15,20-22H,16-19H2,1-6H3. The molecule has 174 valence electrons. The van der Waals surface area contributed by atoms with Crippen molar-refractivity contribution in [2.75, 3.05) is 13.2 Å². The van der Waals surface area contributed by atoms with E-state index in [4.69, 9.17) is 9.47 Å². The molecule has 5 heteroatoms. The number of carbonyl (C=O) groups excluding carboxylic acids is 1. The normalized spacial score (nSPS) is 15.8. The molecular weight excluding hydrogens is 432 g/mol. The zero-order valence-corrected chi connectivity index (χ0v) is 22.2. The molecule has 0 amide bonds. The van der Waals surface area contributed by atoms with Gasteiger partial charge in [0.1, 0.15) is 13.8 Å². The summed E-state index contributed by atoms with van der Waals surface area (Å²) in [5, 5.41) is 0. The second-order valence-corrected chi connectivity index (χ2v) is 18.6. The molecule has 0 saturated carbocycles. The number of rotatable bonds is 10. The molecule has 1 heterocycles. The van der Waals surface area contributed by atoms with Crippen LogP contribution < -0.4 is 0 Å². The molecule has 32 heavy (non-hydrogen) atoms. The molecule has 0 unspecified atom stereocenters. The fraction of sp³-hybridized carbons (Fsp3) is 0.519. The summed E-state index contributed by atoms with van der Waals surface area (Å²) in [5.74, 6) is -0.165. The van der Waals surface area contributed by atoms with Gasteiger partial charge in [-0.25, -0.2) is 0 Å². The molecule has 0 aliphatic carbocycles. The molecular formula is C27H38O3SSi. The van der Waals surface area contributed by atoms with Crippen LogP contribution in [0.2, 0.25) is 16.6 Å². The number of carbonyl (C=O) groups is 1. The Kier molecular flexibility index (Phi) is 8.29. The van der Waals surface area contributed by atoms with E-state index in [1.165, 1.54) is 10.5 Å². The van der Waals surface area contributed by atoms with Crippen molar-refractivity contribution in [3.63, 3.8) is 0 Å². The number of hydrogen-bond acceptors (Lipinski definition) is 4. The van der Waals surface area contributed by atoms with Crippen LogP contribution in [0.25, 0.3) is 0 Å². The minimum absolute atomic E-state index is 0.165. The Balaban J connectivity index is 1.70. The van der Waals surface area contributed by atoms with Gasteiger partial charge in [0, 0.05) is 4.90 Å². The van der Waals surface area contributed by atoms with Gasteiger partial charge in [0.15, 0.2) is 0 Å². The van der Waals surface area contributed by atoms with Gasteiger partial charge in [-0.3, -0.25) is 4.79 Å². The topological polar surface area (TPSA) is 35.5 Å². The van der Waals surface area contributed by atoms with E-state index in [-0.39, 0.29) is 11.4 Å². The van der Waals surface area contributed by atoms with Crippen LogP contribution >= 0.6 is 11.2 Å². The molecule has 3 nitrogen and oxygen atoms in total. The second kappa shape index (κ2) is 10.6. The molecule has 0 radical (unpaired) electrons. The fourth-order valence-corrected chi connectivity index (χ4v) is 14.4. The quantitative estimate of drug-likeness (QED) is 0.268. The number of ether oxygens (including phenoxy) is 2. The van der Waals surface area contributed by atoms with Gasteiger partial charge in [0.2, 0.25) is 0 Å². The number of hydrogen-bond donors (Lipinski definition) is 0. The summed E-state index contributed by atoms with van der Waals surface area (Å²) in [7, 11) is -1.58. The molecule has 1 aliphatic heterocycles. The monoisotopic (exact) mass is 470 g/mol. The highest BCUT2D eigenvalue weighted by atomic mass is 32.4. The SMILES string of the molecule is CC(C)[Si](Sc1ccc(C2(CC(=O)OCc3ccccc3)COC2)cc1)(C(C)C)C(C)C. The van der Waals surface area contributed by atoms with Gasteiger partial charge < -0.3 is 9.47 Å². The largest absolute Gasteiger partial charge is 0.461 e. The average Bonchev–Trinajstić information content (AvgIpc) is 2.73. The smallest absolute Gasteiger partial charge is 0.307 e. The highest BCUT2D eigenvalue weighted by Gasteiger charge is 2.45. The van der Waals surface area contributed by atoms with Gasteiger partial charge in [-0.2, -0.15) is 11.2 Å². The summed E-state index contributed by atoms with van der Waals surface area (Å²) in [6.07, 6.45) is 0.356. The Morgan fingerprint density at radius 1 is 0.938 bits per heavy atom. The lowest BCUT2D eigenvalue weighted by atomic mass is 9.76. The third-order valence-corrected chi connectivity index (χ3v) is 19.2. The van der Waals surface area contributed by atoms with E-state index in [2.05, 4.69) is 77.0 Å². The van der Waals surface area contributed by atoms with Crippen LogP contribution in [0.1, 0.15) is 59.1 Å². The Morgan fingerprint density at radius 3 is 1.97 bits per heavy atom. The summed E-state index contributed by atoms with van der Waals surface area (Å²) >= 11 is 2.14. The third kappa shape index (κ3) is 5.32. The van der Waals surface area contributed by atoms with E-state index >= 15 is 0 Å². The Morgan fingerprint density at radius 2 is 1.50 bits per heavy atom. The van der Waals surface area contributed by atoms with Crippen molar-refractivity contribution in [3.05, 3.63) is 65.7 Å². The van der Waals surface area contributed by atoms with Gasteiger partial charge in [0.25, 0.3) is 0 Å². The van der Waals surface area contributed by atoms with Crippen molar-refractivity contribution in [1.82, 2.24) is 0 Å². The molecule has 0 N–H and O–H groups in total. The maximum Gasteiger partial charge on any atom is 0.307 e. The molecule has 1 saturated heterocycles. The lowest BCUT2D eigenvalue weighted by Gasteiger charge is -2.43. The van der Waals surface area contributed by atoms with Crippen molar-refractivity contribution in [3.8, 4) is 0 Å². The molecule has 0 spiro atoms. The zero-order valence-electron chi connectivity index (χ0n) is 20.4. The minimum atomic E-state index is -1.58. The Hall–Kier alpha value is -1.56. The van der Waals surface area contributed by atoms with E-state index in [1.807, 2.05) is 30.3 Å². The first-order valence-corrected chi connectivity index (χ1v) is 15.5. The highest BCUT2D eigenvalue weighted by Crippen LogP contribution is 2.52. The van der Waals surface area contributed by atoms with Crippen LogP contribution in [0.3, 0.4) is 0 Å². The van der Waals surface area contributed by atoms with Crippen molar-refractivity contribution in [1.29, 1.82) is 0 Å². The predicted molar refractivity (Wildman–Crippen MR) is 137 cm³/mol. The van der Waals surface area contributed by atoms with Crippen molar-refractivity contribution in [2.45, 2.75) is 81.5 Å². The second-order valence-electron chi connectivity index (χ2n) is 10.0. The Labute approximate surface area is 198 Å². The lowest BCUT2D eigenvalue weighted by Crippen LogP contribution is -2.48. The summed E-state index contributed by atoms with van der Waals surface area (Å²) in [4.78, 5) is 13.9. The maximum atomic E-state index is 12.6. The lowest BCUT2D eigenvalue weighted by molar-refractivity contribution is -0.153. The van der Waals surface area contributed by atoms with Gasteiger partial charge >= 0.3 is 5.97 Å². The van der Waals surface area contributed by atoms with E-state index in [1.54, 1.807) is 0 Å². The van der Waals surface area contributed by atoms with E-state index in [9.17, 15) is 4.79 Å². The van der Waals surface area contributed by atoms with Gasteiger partial charge in [-0.15, -0.1) is 0 Å². The van der Waals surface area contributed by atoms with Crippen LogP contribution in [0.15, 0.2) is 59.5 Å². The molecule has 0 atom stereocenters. The van der Waals surface area contributed by atoms with Crippen molar-refractivity contribution >= 4 is 24.4 Å². The first-order valence-electron chi connectivity index (χ1n) is 11.8. The summed E-state index contributed by atoms with van der Waals surface area (Å²) < 4.78 is 11.1. The van der Waals surface area contributed by atoms with Crippen molar-refractivity contribution < 1.29 is 14.3 Å². The predicted octanol–water partition coefficient (Wildman–Crippen LogP) is 7.36. The zero-order chi connectivity index (χ0) is 23.4. The molecule has 3 rings (SSSR count). The van der Waals surface area contributed by atoms with E-state index < -0.39 is 7.22 Å². The molecule has 0 bridgehead atoms. The minimum Gasteiger partial charge on any atom is -0.461 e. The fourth-order valence-electron chi connectivity index (χ4n) is 5.22. The Bertz CT molecular complexity index is 852. The van der Waals surface area contributed by atoms with Gasteiger partial charge in [-0.05, 0) is 39.9 Å². The summed E-state index contributed by atoms with van der Waals surface area (Å²) in [5.41, 5.74) is 4.04. The molecule has 1 aliphatic rings. The summed E-state index contributed by atoms with van der Waals surface area (Å²) in [6, 6.07) is 18.7. The van der Waals surface area contributed by atoms with Crippen LogP contribution in [0.5, 0.6) is 0 Å². The number of benzene rings is 2. The van der Waals surface area contributed by atoms with Crippen molar-refractivity contribution in [2.24, 2.45) is 0 Å². The van der Waals surface area contributed by atoms with E-state index in [0.29, 0.717) is 42.9 Å². The molecule has 2 aromatic rings. The van der Waals surface area contributed by atoms with Crippen LogP contribution in [-0.2, 0) is 26.3 Å². The molecule has 2 aromatic carbocycles. The summed E-state index contributed by atoms with van der Waals surface area (Å²) in [6.45, 7) is 15.9.